The molecule has 0 radical (unpaired) electrons. The number of benzene rings is 1. The van der Waals surface area contributed by atoms with Crippen LogP contribution in [-0.4, -0.2) is 47.7 Å². The van der Waals surface area contributed by atoms with Gasteiger partial charge in [-0.25, -0.2) is 0 Å². The van der Waals surface area contributed by atoms with Crippen LogP contribution in [0.5, 0.6) is 0 Å². The minimum absolute atomic E-state index is 0.207. The lowest BCUT2D eigenvalue weighted by Crippen LogP contribution is -2.54. The third kappa shape index (κ3) is 5.05. The summed E-state index contributed by atoms with van der Waals surface area (Å²) in [5, 5.41) is 12.8. The Kier molecular flexibility index (Phi) is 5.90. The molecule has 2 N–H and O–H groups in total. The second kappa shape index (κ2) is 8.13. The van der Waals surface area contributed by atoms with Gasteiger partial charge in [-0.2, -0.15) is 0 Å². The largest absolute Gasteiger partial charge is 0.480 e. The van der Waals surface area contributed by atoms with E-state index in [4.69, 9.17) is 5.11 Å². The molecule has 0 aliphatic heterocycles. The Labute approximate surface area is 145 Å². The minimum Gasteiger partial charge on any atom is -0.480 e. The normalized spacial score (nSPS) is 24.6. The van der Waals surface area contributed by atoms with Gasteiger partial charge in [0.2, 0.25) is 0 Å². The van der Waals surface area contributed by atoms with Crippen molar-refractivity contribution in [3.8, 4) is 0 Å². The summed E-state index contributed by atoms with van der Waals surface area (Å²) in [6.45, 7) is 4.51. The molecule has 132 valence electrons. The summed E-state index contributed by atoms with van der Waals surface area (Å²) in [5.41, 5.74) is 1.41. The van der Waals surface area contributed by atoms with Crippen LogP contribution in [0, 0.1) is 5.92 Å². The van der Waals surface area contributed by atoms with Crippen LogP contribution in [0.4, 0.5) is 0 Å². The number of carboxylic acids is 1. The van der Waals surface area contributed by atoms with Gasteiger partial charge in [0.05, 0.1) is 6.54 Å². The van der Waals surface area contributed by atoms with Crippen molar-refractivity contribution in [1.82, 2.24) is 10.2 Å². The molecular formula is C20H30N2O2. The van der Waals surface area contributed by atoms with Crippen LogP contribution in [0.15, 0.2) is 30.3 Å². The average Bonchev–Trinajstić information content (AvgIpc) is 3.33. The Morgan fingerprint density at radius 3 is 2.62 bits per heavy atom. The maximum atomic E-state index is 11.1. The number of hydrogen-bond donors (Lipinski definition) is 2. The lowest BCUT2D eigenvalue weighted by molar-refractivity contribution is -0.139. The summed E-state index contributed by atoms with van der Waals surface area (Å²) in [4.78, 5) is 13.3. The van der Waals surface area contributed by atoms with E-state index in [0.29, 0.717) is 18.0 Å². The van der Waals surface area contributed by atoms with Gasteiger partial charge in [-0.1, -0.05) is 37.3 Å². The van der Waals surface area contributed by atoms with Crippen LogP contribution in [-0.2, 0) is 4.79 Å². The van der Waals surface area contributed by atoms with Crippen LogP contribution in [0.2, 0.25) is 0 Å². The van der Waals surface area contributed by atoms with E-state index in [9.17, 15) is 4.79 Å². The highest BCUT2D eigenvalue weighted by Gasteiger charge is 2.36. The van der Waals surface area contributed by atoms with Gasteiger partial charge in [0.25, 0.3) is 0 Å². The molecule has 2 aliphatic carbocycles. The topological polar surface area (TPSA) is 52.6 Å². The molecule has 24 heavy (non-hydrogen) atoms. The van der Waals surface area contributed by atoms with Crippen molar-refractivity contribution in [2.75, 3.05) is 19.6 Å². The second-order valence-corrected chi connectivity index (χ2v) is 7.64. The molecule has 0 bridgehead atoms. The molecule has 0 saturated heterocycles. The van der Waals surface area contributed by atoms with Crippen LogP contribution >= 0.6 is 0 Å². The Bertz CT molecular complexity index is 524. The molecule has 1 aromatic carbocycles. The molecule has 2 fully saturated rings. The minimum atomic E-state index is -0.691. The van der Waals surface area contributed by atoms with Gasteiger partial charge in [0.15, 0.2) is 0 Å². The second-order valence-electron chi connectivity index (χ2n) is 7.64. The third-order valence-electron chi connectivity index (χ3n) is 5.54. The van der Waals surface area contributed by atoms with Gasteiger partial charge < -0.3 is 10.4 Å². The van der Waals surface area contributed by atoms with E-state index in [2.05, 4.69) is 47.5 Å². The van der Waals surface area contributed by atoms with E-state index in [-0.39, 0.29) is 6.54 Å². The zero-order valence-corrected chi connectivity index (χ0v) is 14.7. The highest BCUT2D eigenvalue weighted by atomic mass is 16.4. The van der Waals surface area contributed by atoms with E-state index in [0.717, 1.165) is 38.3 Å². The highest BCUT2D eigenvalue weighted by Crippen LogP contribution is 2.33. The number of nitrogens with zero attached hydrogens (tertiary/aromatic N) is 1. The monoisotopic (exact) mass is 330 g/mol. The summed E-state index contributed by atoms with van der Waals surface area (Å²) < 4.78 is 0. The van der Waals surface area contributed by atoms with Gasteiger partial charge in [0.1, 0.15) is 0 Å². The molecule has 3 rings (SSSR count). The molecule has 0 aromatic heterocycles. The zero-order valence-electron chi connectivity index (χ0n) is 14.7. The number of hydrogen-bond acceptors (Lipinski definition) is 3. The van der Waals surface area contributed by atoms with Gasteiger partial charge >= 0.3 is 5.97 Å². The number of carbonyl (C=O) groups is 1. The van der Waals surface area contributed by atoms with E-state index in [1.165, 1.54) is 18.4 Å². The Morgan fingerprint density at radius 2 is 2.00 bits per heavy atom. The highest BCUT2D eigenvalue weighted by molar-refractivity contribution is 5.69. The van der Waals surface area contributed by atoms with Crippen molar-refractivity contribution in [3.63, 3.8) is 0 Å². The van der Waals surface area contributed by atoms with Crippen molar-refractivity contribution in [3.05, 3.63) is 35.9 Å². The number of aliphatic carboxylic acids is 1. The molecule has 0 heterocycles. The van der Waals surface area contributed by atoms with Crippen LogP contribution < -0.4 is 5.32 Å². The summed E-state index contributed by atoms with van der Waals surface area (Å²) in [7, 11) is 0. The maximum absolute atomic E-state index is 11.1. The van der Waals surface area contributed by atoms with Gasteiger partial charge in [0, 0.05) is 18.6 Å². The molecule has 1 aromatic rings. The van der Waals surface area contributed by atoms with Gasteiger partial charge in [-0.15, -0.1) is 0 Å². The van der Waals surface area contributed by atoms with Crippen molar-refractivity contribution in [2.24, 2.45) is 5.92 Å². The Morgan fingerprint density at radius 1 is 1.29 bits per heavy atom. The fourth-order valence-electron chi connectivity index (χ4n) is 3.65. The van der Waals surface area contributed by atoms with E-state index in [1.54, 1.807) is 0 Å². The molecule has 2 aliphatic rings. The van der Waals surface area contributed by atoms with Crippen LogP contribution in [0.1, 0.15) is 50.5 Å². The summed E-state index contributed by atoms with van der Waals surface area (Å²) in [6.07, 6.45) is 5.90. The molecule has 1 atom stereocenters. The number of nitrogens with one attached hydrogen (secondary N) is 1. The standard InChI is InChI=1S/C20H30N2O2/c1-15(17-5-3-2-4-6-17)9-10-21-18-11-19(12-18)22(14-20(23)24)13-16-7-8-16/h2-6,15-16,18-19,21H,7-14H2,1H3,(H,23,24). The van der Waals surface area contributed by atoms with Crippen molar-refractivity contribution >= 4 is 5.97 Å². The predicted octanol–water partition coefficient (Wildman–Crippen LogP) is 3.10. The summed E-state index contributed by atoms with van der Waals surface area (Å²) in [5.74, 6) is 0.639. The first kappa shape index (κ1) is 17.4. The molecular weight excluding hydrogens is 300 g/mol. The molecule has 1 unspecified atom stereocenters. The lowest BCUT2D eigenvalue weighted by atomic mass is 9.85. The van der Waals surface area contributed by atoms with Crippen LogP contribution in [0.3, 0.4) is 0 Å². The first-order valence-electron chi connectivity index (χ1n) is 9.36. The lowest BCUT2D eigenvalue weighted by Gasteiger charge is -2.43. The Balaban J connectivity index is 1.34. The van der Waals surface area contributed by atoms with Gasteiger partial charge in [-0.05, 0) is 56.0 Å². The first-order chi connectivity index (χ1) is 11.6. The molecule has 4 nitrogen and oxygen atoms in total. The molecule has 2 saturated carbocycles. The third-order valence-corrected chi connectivity index (χ3v) is 5.54. The summed E-state index contributed by atoms with van der Waals surface area (Å²) in [6, 6.07) is 11.7. The molecule has 0 spiro atoms. The van der Waals surface area contributed by atoms with E-state index in [1.807, 2.05) is 0 Å². The quantitative estimate of drug-likeness (QED) is 0.692. The fourth-order valence-corrected chi connectivity index (χ4v) is 3.65. The maximum Gasteiger partial charge on any atom is 0.317 e. The van der Waals surface area contributed by atoms with Crippen molar-refractivity contribution in [2.45, 2.75) is 57.0 Å². The Hall–Kier alpha value is -1.39. The first-order valence-corrected chi connectivity index (χ1v) is 9.36. The van der Waals surface area contributed by atoms with Gasteiger partial charge in [-0.3, -0.25) is 9.69 Å². The summed E-state index contributed by atoms with van der Waals surface area (Å²) >= 11 is 0. The fraction of sp³-hybridized carbons (Fsp3) is 0.650. The SMILES string of the molecule is CC(CCNC1CC(N(CC(=O)O)CC2CC2)C1)c1ccccc1. The molecule has 0 amide bonds. The van der Waals surface area contributed by atoms with E-state index >= 15 is 0 Å². The average molecular weight is 330 g/mol. The molecule has 4 heteroatoms. The smallest absolute Gasteiger partial charge is 0.317 e. The van der Waals surface area contributed by atoms with Crippen LogP contribution in [0.25, 0.3) is 0 Å². The number of carboxylic acid groups (broad SMARTS) is 1. The van der Waals surface area contributed by atoms with Crippen molar-refractivity contribution in [1.29, 1.82) is 0 Å². The predicted molar refractivity (Wildman–Crippen MR) is 96.2 cm³/mol. The number of rotatable bonds is 10. The zero-order chi connectivity index (χ0) is 16.9. The van der Waals surface area contributed by atoms with E-state index < -0.39 is 5.97 Å². The van der Waals surface area contributed by atoms with Crippen molar-refractivity contribution < 1.29 is 9.90 Å².